The van der Waals surface area contributed by atoms with Crippen molar-refractivity contribution in [1.29, 1.82) is 0 Å². The standard InChI is InChI=1S/C11H15FN2.C10H12O2.C2H7N/c1-13-9-4-5-11(10(12)8-9)14-6-2-3-7-14;1-2-7-12-10-5-3-9(8-11)4-6-10;1-3-2/h4-5,8,13H,2-3,6-7H2,1H3;3-6,8H,2,7H2,1H3;3H,1-2H3. The SMILES string of the molecule is CCCOc1ccc(C=O)cc1.CNC.CNc1ccc(N2CCCC2)c(F)c1. The van der Waals surface area contributed by atoms with Crippen LogP contribution in [0.1, 0.15) is 36.5 Å². The predicted octanol–water partition coefficient (Wildman–Crippen LogP) is 4.59. The number of hydrogen-bond donors (Lipinski definition) is 2. The fraction of sp³-hybridized carbons (Fsp3) is 0.435. The van der Waals surface area contributed by atoms with Crippen LogP contribution in [0.15, 0.2) is 42.5 Å². The van der Waals surface area contributed by atoms with Crippen LogP contribution in [0.4, 0.5) is 15.8 Å². The van der Waals surface area contributed by atoms with Crippen LogP contribution in [-0.4, -0.2) is 47.1 Å². The molecule has 160 valence electrons. The quantitative estimate of drug-likeness (QED) is 0.691. The summed E-state index contributed by atoms with van der Waals surface area (Å²) in [5, 5.41) is 5.68. The molecule has 0 aromatic heterocycles. The van der Waals surface area contributed by atoms with Gasteiger partial charge in [-0.25, -0.2) is 4.39 Å². The molecule has 0 saturated carbocycles. The number of anilines is 2. The molecule has 1 aliphatic heterocycles. The summed E-state index contributed by atoms with van der Waals surface area (Å²) in [5.74, 6) is 0.696. The lowest BCUT2D eigenvalue weighted by atomic mass is 10.2. The first kappa shape index (κ1) is 24.4. The largest absolute Gasteiger partial charge is 0.494 e. The maximum atomic E-state index is 13.6. The van der Waals surface area contributed by atoms with Crippen molar-refractivity contribution in [2.45, 2.75) is 26.2 Å². The predicted molar refractivity (Wildman–Crippen MR) is 120 cm³/mol. The summed E-state index contributed by atoms with van der Waals surface area (Å²) in [5.41, 5.74) is 2.24. The van der Waals surface area contributed by atoms with Crippen LogP contribution >= 0.6 is 0 Å². The minimum atomic E-state index is -0.126. The average Bonchev–Trinajstić information content (AvgIpc) is 3.28. The third-order valence-corrected chi connectivity index (χ3v) is 4.17. The molecular formula is C23H34FN3O2. The fourth-order valence-electron chi connectivity index (χ4n) is 2.74. The van der Waals surface area contributed by atoms with Gasteiger partial charge >= 0.3 is 0 Å². The normalized spacial score (nSPS) is 12.2. The van der Waals surface area contributed by atoms with E-state index >= 15 is 0 Å². The zero-order chi connectivity index (χ0) is 21.5. The molecule has 1 heterocycles. The molecule has 0 aliphatic carbocycles. The maximum absolute atomic E-state index is 13.6. The van der Waals surface area contributed by atoms with E-state index in [1.807, 2.05) is 26.2 Å². The third kappa shape index (κ3) is 8.96. The molecule has 0 radical (unpaired) electrons. The minimum Gasteiger partial charge on any atom is -0.494 e. The Morgan fingerprint density at radius 1 is 1.07 bits per heavy atom. The van der Waals surface area contributed by atoms with Crippen LogP contribution in [0.25, 0.3) is 0 Å². The number of carbonyl (C=O) groups is 1. The van der Waals surface area contributed by atoms with E-state index < -0.39 is 0 Å². The molecule has 2 N–H and O–H groups in total. The molecule has 29 heavy (non-hydrogen) atoms. The van der Waals surface area contributed by atoms with Crippen LogP contribution in [0.5, 0.6) is 5.75 Å². The van der Waals surface area contributed by atoms with Gasteiger partial charge in [0.15, 0.2) is 0 Å². The Bertz CT molecular complexity index is 702. The molecule has 1 fully saturated rings. The van der Waals surface area contributed by atoms with Crippen molar-refractivity contribution in [3.8, 4) is 5.75 Å². The fourth-order valence-corrected chi connectivity index (χ4v) is 2.74. The highest BCUT2D eigenvalue weighted by Gasteiger charge is 2.15. The van der Waals surface area contributed by atoms with E-state index in [1.54, 1.807) is 37.4 Å². The van der Waals surface area contributed by atoms with Crippen molar-refractivity contribution in [2.24, 2.45) is 0 Å². The molecule has 5 nitrogen and oxygen atoms in total. The molecule has 1 aliphatic rings. The first-order valence-corrected chi connectivity index (χ1v) is 10.1. The van der Waals surface area contributed by atoms with Gasteiger partial charge < -0.3 is 20.3 Å². The Morgan fingerprint density at radius 3 is 2.17 bits per heavy atom. The van der Waals surface area contributed by atoms with Crippen molar-refractivity contribution in [3.05, 3.63) is 53.8 Å². The summed E-state index contributed by atoms with van der Waals surface area (Å²) in [6.07, 6.45) is 4.17. The van der Waals surface area contributed by atoms with E-state index in [9.17, 15) is 9.18 Å². The van der Waals surface area contributed by atoms with Gasteiger partial charge in [0.1, 0.15) is 17.9 Å². The number of ether oxygens (including phenoxy) is 1. The summed E-state index contributed by atoms with van der Waals surface area (Å²) < 4.78 is 18.9. The van der Waals surface area contributed by atoms with Gasteiger partial charge in [-0.05, 0) is 75.8 Å². The smallest absolute Gasteiger partial charge is 0.150 e. The van der Waals surface area contributed by atoms with Crippen LogP contribution in [-0.2, 0) is 0 Å². The van der Waals surface area contributed by atoms with Gasteiger partial charge in [0.05, 0.1) is 12.3 Å². The Labute approximate surface area is 174 Å². The lowest BCUT2D eigenvalue weighted by Gasteiger charge is -2.18. The van der Waals surface area contributed by atoms with Crippen LogP contribution in [0, 0.1) is 5.82 Å². The van der Waals surface area contributed by atoms with E-state index in [0.717, 1.165) is 49.5 Å². The van der Waals surface area contributed by atoms with Crippen molar-refractivity contribution < 1.29 is 13.9 Å². The monoisotopic (exact) mass is 403 g/mol. The highest BCUT2D eigenvalue weighted by molar-refractivity contribution is 5.74. The van der Waals surface area contributed by atoms with Crippen LogP contribution in [0.3, 0.4) is 0 Å². The Balaban J connectivity index is 0.000000259. The molecule has 0 amide bonds. The molecule has 0 bridgehead atoms. The Kier molecular flexibility index (Phi) is 12.1. The molecule has 2 aromatic carbocycles. The maximum Gasteiger partial charge on any atom is 0.150 e. The third-order valence-electron chi connectivity index (χ3n) is 4.17. The summed E-state index contributed by atoms with van der Waals surface area (Å²) >= 11 is 0. The summed E-state index contributed by atoms with van der Waals surface area (Å²) in [7, 11) is 5.55. The lowest BCUT2D eigenvalue weighted by molar-refractivity contribution is 0.112. The first-order valence-electron chi connectivity index (χ1n) is 10.1. The number of nitrogens with zero attached hydrogens (tertiary/aromatic N) is 1. The van der Waals surface area contributed by atoms with Crippen LogP contribution < -0.4 is 20.3 Å². The first-order chi connectivity index (χ1) is 14.1. The number of carbonyl (C=O) groups excluding carboxylic acids is 1. The molecule has 6 heteroatoms. The zero-order valence-corrected chi connectivity index (χ0v) is 18.0. The number of nitrogens with one attached hydrogen (secondary N) is 2. The van der Waals surface area contributed by atoms with E-state index in [1.165, 1.54) is 12.8 Å². The van der Waals surface area contributed by atoms with Gasteiger partial charge in [0.25, 0.3) is 0 Å². The van der Waals surface area contributed by atoms with E-state index in [0.29, 0.717) is 5.56 Å². The number of hydrogen-bond acceptors (Lipinski definition) is 5. The van der Waals surface area contributed by atoms with Crippen molar-refractivity contribution >= 4 is 17.7 Å². The summed E-state index contributed by atoms with van der Waals surface area (Å²) in [6, 6.07) is 12.4. The number of benzene rings is 2. The van der Waals surface area contributed by atoms with Gasteiger partial charge in [0, 0.05) is 31.4 Å². The molecule has 0 spiro atoms. The topological polar surface area (TPSA) is 53.6 Å². The second kappa shape index (κ2) is 14.4. The second-order valence-electron chi connectivity index (χ2n) is 6.65. The van der Waals surface area contributed by atoms with E-state index in [2.05, 4.69) is 22.5 Å². The lowest BCUT2D eigenvalue weighted by Crippen LogP contribution is -2.18. The highest BCUT2D eigenvalue weighted by atomic mass is 19.1. The average molecular weight is 404 g/mol. The zero-order valence-electron chi connectivity index (χ0n) is 18.0. The van der Waals surface area contributed by atoms with Crippen molar-refractivity contribution in [1.82, 2.24) is 5.32 Å². The number of aldehydes is 1. The second-order valence-corrected chi connectivity index (χ2v) is 6.65. The van der Waals surface area contributed by atoms with E-state index in [-0.39, 0.29) is 5.82 Å². The molecule has 0 atom stereocenters. The minimum absolute atomic E-state index is 0.126. The van der Waals surface area contributed by atoms with Gasteiger partial charge in [-0.15, -0.1) is 0 Å². The molecule has 2 aromatic rings. The van der Waals surface area contributed by atoms with Gasteiger partial charge in [-0.2, -0.15) is 0 Å². The molecular weight excluding hydrogens is 369 g/mol. The van der Waals surface area contributed by atoms with Crippen LogP contribution in [0.2, 0.25) is 0 Å². The molecule has 0 unspecified atom stereocenters. The number of rotatable bonds is 6. The Hall–Kier alpha value is -2.60. The van der Waals surface area contributed by atoms with Gasteiger partial charge in [-0.3, -0.25) is 4.79 Å². The van der Waals surface area contributed by atoms with Gasteiger partial charge in [0.2, 0.25) is 0 Å². The summed E-state index contributed by atoms with van der Waals surface area (Å²) in [4.78, 5) is 12.4. The Morgan fingerprint density at radius 2 is 1.69 bits per heavy atom. The van der Waals surface area contributed by atoms with Crippen molar-refractivity contribution in [2.75, 3.05) is 51.1 Å². The van der Waals surface area contributed by atoms with Crippen molar-refractivity contribution in [3.63, 3.8) is 0 Å². The highest BCUT2D eigenvalue weighted by Crippen LogP contribution is 2.25. The summed E-state index contributed by atoms with van der Waals surface area (Å²) in [6.45, 7) is 4.74. The van der Waals surface area contributed by atoms with E-state index in [4.69, 9.17) is 4.74 Å². The number of halogens is 1. The molecule has 1 saturated heterocycles. The van der Waals surface area contributed by atoms with Gasteiger partial charge in [-0.1, -0.05) is 6.92 Å². The molecule has 3 rings (SSSR count).